The van der Waals surface area contributed by atoms with Crippen molar-refractivity contribution >= 4 is 45.4 Å². The second-order valence-corrected chi connectivity index (χ2v) is 6.52. The molecule has 22 heavy (non-hydrogen) atoms. The summed E-state index contributed by atoms with van der Waals surface area (Å²) in [6.07, 6.45) is -2.05. The summed E-state index contributed by atoms with van der Waals surface area (Å²) in [4.78, 5) is 7.98. The molecule has 1 aliphatic rings. The molecule has 0 unspecified atom stereocenters. The van der Waals surface area contributed by atoms with E-state index in [1.54, 1.807) is 6.20 Å². The predicted octanol–water partition coefficient (Wildman–Crippen LogP) is 0.179. The molecule has 1 saturated heterocycles. The lowest BCUT2D eigenvalue weighted by atomic mass is 9.98. The summed E-state index contributed by atoms with van der Waals surface area (Å²) in [5.74, 6) is 0.141. The molecule has 0 aliphatic carbocycles. The molecule has 3 heterocycles. The van der Waals surface area contributed by atoms with Gasteiger partial charge in [-0.05, 0) is 29.5 Å². The minimum absolute atomic E-state index is 0.0430. The van der Waals surface area contributed by atoms with E-state index in [1.807, 2.05) is 22.6 Å². The van der Waals surface area contributed by atoms with Gasteiger partial charge in [-0.25, -0.2) is 4.39 Å². The Morgan fingerprint density at radius 1 is 1.50 bits per heavy atom. The van der Waals surface area contributed by atoms with Crippen LogP contribution in [0.4, 0.5) is 16.2 Å². The van der Waals surface area contributed by atoms with Gasteiger partial charge in [-0.2, -0.15) is 9.97 Å². The molecule has 3 rings (SSSR count). The van der Waals surface area contributed by atoms with Crippen LogP contribution in [0.2, 0.25) is 0 Å². The second-order valence-electron chi connectivity index (χ2n) is 5.36. The first-order valence-corrected chi connectivity index (χ1v) is 7.57. The van der Waals surface area contributed by atoms with Gasteiger partial charge in [0.2, 0.25) is 5.95 Å². The van der Waals surface area contributed by atoms with Crippen LogP contribution < -0.4 is 11.5 Å². The van der Waals surface area contributed by atoms with E-state index in [0.717, 1.165) is 0 Å². The van der Waals surface area contributed by atoms with Crippen molar-refractivity contribution in [2.45, 2.75) is 31.0 Å². The molecular weight excluding hydrogens is 408 g/mol. The highest BCUT2D eigenvalue weighted by molar-refractivity contribution is 14.1. The molecule has 0 saturated carbocycles. The highest BCUT2D eigenvalue weighted by Crippen LogP contribution is 2.43. The van der Waals surface area contributed by atoms with E-state index in [9.17, 15) is 14.6 Å². The summed E-state index contributed by atoms with van der Waals surface area (Å²) in [5, 5.41) is 19.7. The lowest BCUT2D eigenvalue weighted by molar-refractivity contribution is -0.0564. The number of hydrogen-bond acceptors (Lipinski definition) is 7. The van der Waals surface area contributed by atoms with Crippen molar-refractivity contribution in [3.05, 3.63) is 9.77 Å². The van der Waals surface area contributed by atoms with Gasteiger partial charge in [0.25, 0.3) is 0 Å². The number of halogens is 2. The minimum atomic E-state index is -2.11. The van der Waals surface area contributed by atoms with Crippen LogP contribution in [0.25, 0.3) is 11.0 Å². The number of alkyl halides is 1. The van der Waals surface area contributed by atoms with Gasteiger partial charge < -0.3 is 31.0 Å². The number of nitrogen functional groups attached to an aromatic ring is 2. The summed E-state index contributed by atoms with van der Waals surface area (Å²) in [6, 6.07) is 0. The molecule has 2 aromatic rings. The summed E-state index contributed by atoms with van der Waals surface area (Å²) in [7, 11) is 0. The average molecular weight is 423 g/mol. The number of aliphatic hydroxyl groups excluding tert-OH is 2. The zero-order valence-corrected chi connectivity index (χ0v) is 13.7. The van der Waals surface area contributed by atoms with Gasteiger partial charge in [0.1, 0.15) is 18.0 Å². The van der Waals surface area contributed by atoms with Crippen LogP contribution in [0, 0.1) is 3.57 Å². The number of nitrogens with two attached hydrogens (primary N) is 2. The van der Waals surface area contributed by atoms with E-state index in [1.165, 1.54) is 11.5 Å². The molecule has 120 valence electrons. The highest BCUT2D eigenvalue weighted by Gasteiger charge is 2.55. The summed E-state index contributed by atoms with van der Waals surface area (Å²) >= 11 is 2.02. The fourth-order valence-electron chi connectivity index (χ4n) is 2.69. The Kier molecular flexibility index (Phi) is 3.66. The van der Waals surface area contributed by atoms with Crippen LogP contribution in [0.15, 0.2) is 6.20 Å². The number of aliphatic hydroxyl groups is 2. The Morgan fingerprint density at radius 2 is 2.18 bits per heavy atom. The Balaban J connectivity index is 2.19. The molecule has 0 radical (unpaired) electrons. The molecule has 0 spiro atoms. The fourth-order valence-corrected chi connectivity index (χ4v) is 3.51. The van der Waals surface area contributed by atoms with Crippen LogP contribution >= 0.6 is 22.6 Å². The first-order valence-electron chi connectivity index (χ1n) is 6.49. The van der Waals surface area contributed by atoms with Crippen molar-refractivity contribution in [3.63, 3.8) is 0 Å². The minimum Gasteiger partial charge on any atom is -0.394 e. The smallest absolute Gasteiger partial charge is 0.223 e. The van der Waals surface area contributed by atoms with Crippen molar-refractivity contribution in [2.75, 3.05) is 18.1 Å². The van der Waals surface area contributed by atoms with Crippen molar-refractivity contribution in [1.29, 1.82) is 0 Å². The van der Waals surface area contributed by atoms with E-state index in [-0.39, 0.29) is 11.8 Å². The Hall–Kier alpha value is -1.24. The molecule has 10 heteroatoms. The SMILES string of the molecule is C[C@@]1(F)[C@H](O)[C@@H](CO)O[C@H]1n1cc(I)c2c(N)nc(N)nc21. The van der Waals surface area contributed by atoms with Crippen molar-refractivity contribution in [2.24, 2.45) is 0 Å². The van der Waals surface area contributed by atoms with E-state index >= 15 is 0 Å². The molecule has 0 amide bonds. The standard InChI is InChI=1S/C12H15FIN5O3/c1-12(13)7(21)5(3-20)22-10(12)19-2-4(14)6-8(15)17-11(16)18-9(6)19/h2,5,7,10,20-21H,3H2,1H3,(H4,15,16,17,18)/t5-,7-,10-,12-/m1/s1. The summed E-state index contributed by atoms with van der Waals surface area (Å²) < 4.78 is 22.5. The predicted molar refractivity (Wildman–Crippen MR) is 85.6 cm³/mol. The quantitative estimate of drug-likeness (QED) is 0.507. The van der Waals surface area contributed by atoms with Crippen molar-refractivity contribution < 1.29 is 19.3 Å². The maximum absolute atomic E-state index is 14.9. The van der Waals surface area contributed by atoms with Crippen LogP contribution in [-0.4, -0.2) is 49.2 Å². The first-order chi connectivity index (χ1) is 10.3. The maximum Gasteiger partial charge on any atom is 0.223 e. The molecule has 1 aliphatic heterocycles. The van der Waals surface area contributed by atoms with Crippen molar-refractivity contribution in [3.8, 4) is 0 Å². The third-order valence-corrected chi connectivity index (χ3v) is 4.64. The molecule has 6 N–H and O–H groups in total. The molecule has 8 nitrogen and oxygen atoms in total. The number of anilines is 2. The summed E-state index contributed by atoms with van der Waals surface area (Å²) in [5.41, 5.74) is 9.65. The van der Waals surface area contributed by atoms with Gasteiger partial charge in [0.15, 0.2) is 17.5 Å². The van der Waals surface area contributed by atoms with Gasteiger partial charge >= 0.3 is 0 Å². The van der Waals surface area contributed by atoms with E-state index in [0.29, 0.717) is 14.6 Å². The van der Waals surface area contributed by atoms with Gasteiger partial charge in [0, 0.05) is 9.77 Å². The molecule has 4 atom stereocenters. The molecule has 0 bridgehead atoms. The van der Waals surface area contributed by atoms with Crippen LogP contribution in [0.3, 0.4) is 0 Å². The van der Waals surface area contributed by atoms with E-state index in [4.69, 9.17) is 16.2 Å². The Labute approximate surface area is 138 Å². The highest BCUT2D eigenvalue weighted by atomic mass is 127. The third-order valence-electron chi connectivity index (χ3n) is 3.82. The number of fused-ring (bicyclic) bond motifs is 1. The number of hydrogen-bond donors (Lipinski definition) is 4. The first kappa shape index (κ1) is 15.6. The van der Waals surface area contributed by atoms with Gasteiger partial charge in [-0.1, -0.05) is 0 Å². The van der Waals surface area contributed by atoms with Crippen molar-refractivity contribution in [1.82, 2.24) is 14.5 Å². The topological polar surface area (TPSA) is 132 Å². The molecule has 2 aromatic heterocycles. The zero-order chi connectivity index (χ0) is 16.2. The van der Waals surface area contributed by atoms with Gasteiger partial charge in [0.05, 0.1) is 12.0 Å². The number of ether oxygens (including phenoxy) is 1. The van der Waals surface area contributed by atoms with Crippen LogP contribution in [0.5, 0.6) is 0 Å². The van der Waals surface area contributed by atoms with E-state index < -0.39 is 30.7 Å². The monoisotopic (exact) mass is 423 g/mol. The lowest BCUT2D eigenvalue weighted by Crippen LogP contribution is -2.40. The number of aromatic nitrogens is 3. The second kappa shape index (κ2) is 5.15. The number of nitrogens with zero attached hydrogens (tertiary/aromatic N) is 3. The third kappa shape index (κ3) is 2.13. The normalized spacial score (nSPS) is 32.0. The molecule has 1 fully saturated rings. The van der Waals surface area contributed by atoms with Gasteiger partial charge in [-0.3, -0.25) is 0 Å². The summed E-state index contributed by atoms with van der Waals surface area (Å²) in [6.45, 7) is 0.720. The average Bonchev–Trinajstić information content (AvgIpc) is 2.86. The van der Waals surface area contributed by atoms with Crippen LogP contribution in [0.1, 0.15) is 13.2 Å². The van der Waals surface area contributed by atoms with E-state index in [2.05, 4.69) is 9.97 Å². The largest absolute Gasteiger partial charge is 0.394 e. The fraction of sp³-hybridized carbons (Fsp3) is 0.500. The molecular formula is C12H15FIN5O3. The van der Waals surface area contributed by atoms with Gasteiger partial charge in [-0.15, -0.1) is 0 Å². The number of rotatable bonds is 2. The zero-order valence-electron chi connectivity index (χ0n) is 11.6. The van der Waals surface area contributed by atoms with Crippen LogP contribution in [-0.2, 0) is 4.74 Å². The Morgan fingerprint density at radius 3 is 2.77 bits per heavy atom. The molecule has 0 aromatic carbocycles. The Bertz CT molecular complexity index is 737. The maximum atomic E-state index is 14.9. The lowest BCUT2D eigenvalue weighted by Gasteiger charge is -2.25.